The molecule has 0 atom stereocenters. The first-order valence-corrected chi connectivity index (χ1v) is 8.49. The molecular formula is C18H30N4O3. The maximum absolute atomic E-state index is 11.7. The van der Waals surface area contributed by atoms with Crippen LogP contribution >= 0.6 is 0 Å². The molecule has 2 N–H and O–H groups in total. The van der Waals surface area contributed by atoms with E-state index >= 15 is 0 Å². The third-order valence-corrected chi connectivity index (χ3v) is 3.48. The molecule has 0 aromatic heterocycles. The molecular weight excluding hydrogens is 320 g/mol. The molecule has 0 saturated heterocycles. The number of ether oxygens (including phenoxy) is 2. The van der Waals surface area contributed by atoms with Crippen LogP contribution in [0.5, 0.6) is 5.75 Å². The van der Waals surface area contributed by atoms with Crippen molar-refractivity contribution in [3.05, 3.63) is 29.8 Å². The predicted octanol–water partition coefficient (Wildman–Crippen LogP) is 0.898. The largest absolute Gasteiger partial charge is 0.497 e. The van der Waals surface area contributed by atoms with E-state index in [1.54, 1.807) is 21.2 Å². The van der Waals surface area contributed by atoms with E-state index in [2.05, 4.69) is 15.6 Å². The Bertz CT molecular complexity index is 530. The van der Waals surface area contributed by atoms with Crippen LogP contribution in [-0.2, 0) is 16.0 Å². The van der Waals surface area contributed by atoms with E-state index < -0.39 is 0 Å². The van der Waals surface area contributed by atoms with Gasteiger partial charge in [-0.15, -0.1) is 0 Å². The molecule has 1 aromatic rings. The predicted molar refractivity (Wildman–Crippen MR) is 100 cm³/mol. The highest BCUT2D eigenvalue weighted by molar-refractivity contribution is 5.84. The van der Waals surface area contributed by atoms with Crippen LogP contribution in [-0.4, -0.2) is 70.8 Å². The first kappa shape index (κ1) is 20.8. The molecule has 1 aromatic carbocycles. The van der Waals surface area contributed by atoms with Gasteiger partial charge in [0.15, 0.2) is 5.96 Å². The molecule has 0 unspecified atom stereocenters. The van der Waals surface area contributed by atoms with E-state index in [0.717, 1.165) is 12.2 Å². The van der Waals surface area contributed by atoms with Crippen molar-refractivity contribution in [1.29, 1.82) is 0 Å². The van der Waals surface area contributed by atoms with Crippen molar-refractivity contribution in [2.24, 2.45) is 4.99 Å². The number of hydrogen-bond donors (Lipinski definition) is 2. The van der Waals surface area contributed by atoms with E-state index in [0.29, 0.717) is 32.3 Å². The van der Waals surface area contributed by atoms with Gasteiger partial charge in [0.1, 0.15) is 12.3 Å². The summed E-state index contributed by atoms with van der Waals surface area (Å²) in [6, 6.07) is 7.96. The molecule has 7 nitrogen and oxygen atoms in total. The Morgan fingerprint density at radius 1 is 1.16 bits per heavy atom. The van der Waals surface area contributed by atoms with Crippen molar-refractivity contribution >= 4 is 11.9 Å². The number of nitrogens with zero attached hydrogens (tertiary/aromatic N) is 2. The Kier molecular flexibility index (Phi) is 10.1. The molecule has 0 fully saturated rings. The van der Waals surface area contributed by atoms with E-state index in [-0.39, 0.29) is 12.5 Å². The number of methoxy groups -OCH3 is 1. The fourth-order valence-corrected chi connectivity index (χ4v) is 1.97. The minimum Gasteiger partial charge on any atom is -0.497 e. The second kappa shape index (κ2) is 12.1. The van der Waals surface area contributed by atoms with Crippen molar-refractivity contribution < 1.29 is 14.3 Å². The molecule has 140 valence electrons. The molecule has 0 aliphatic rings. The number of hydrogen-bond acceptors (Lipinski definition) is 4. The third kappa shape index (κ3) is 8.95. The lowest BCUT2D eigenvalue weighted by atomic mass is 10.1. The molecule has 0 bridgehead atoms. The minimum absolute atomic E-state index is 0.0407. The molecule has 1 amide bonds. The highest BCUT2D eigenvalue weighted by Gasteiger charge is 2.04. The van der Waals surface area contributed by atoms with Crippen LogP contribution in [0, 0.1) is 0 Å². The zero-order valence-electron chi connectivity index (χ0n) is 15.7. The van der Waals surface area contributed by atoms with Crippen molar-refractivity contribution in [2.75, 3.05) is 54.1 Å². The molecule has 0 aliphatic heterocycles. The normalized spacial score (nSPS) is 11.1. The van der Waals surface area contributed by atoms with Gasteiger partial charge in [0.25, 0.3) is 0 Å². The number of amides is 1. The summed E-state index contributed by atoms with van der Waals surface area (Å²) in [5, 5.41) is 6.43. The summed E-state index contributed by atoms with van der Waals surface area (Å²) in [5.41, 5.74) is 1.20. The lowest BCUT2D eigenvalue weighted by Crippen LogP contribution is -2.41. The van der Waals surface area contributed by atoms with Gasteiger partial charge in [0.2, 0.25) is 5.91 Å². The van der Waals surface area contributed by atoms with E-state index in [1.165, 1.54) is 10.5 Å². The average Bonchev–Trinajstić information content (AvgIpc) is 2.62. The summed E-state index contributed by atoms with van der Waals surface area (Å²) in [6.07, 6.45) is 0.845. The van der Waals surface area contributed by atoms with Gasteiger partial charge in [-0.25, -0.2) is 4.99 Å². The van der Waals surface area contributed by atoms with Gasteiger partial charge < -0.3 is 25.0 Å². The molecule has 7 heteroatoms. The van der Waals surface area contributed by atoms with Crippen LogP contribution < -0.4 is 15.4 Å². The van der Waals surface area contributed by atoms with Gasteiger partial charge in [0.05, 0.1) is 13.7 Å². The molecule has 0 radical (unpaired) electrons. The Morgan fingerprint density at radius 2 is 1.84 bits per heavy atom. The highest BCUT2D eigenvalue weighted by Crippen LogP contribution is 2.11. The van der Waals surface area contributed by atoms with Crippen LogP contribution in [0.4, 0.5) is 0 Å². The lowest BCUT2D eigenvalue weighted by molar-refractivity contribution is -0.127. The second-order valence-corrected chi connectivity index (χ2v) is 5.60. The Hall–Kier alpha value is -2.28. The van der Waals surface area contributed by atoms with Crippen molar-refractivity contribution in [3.63, 3.8) is 0 Å². The SMILES string of the molecule is CCOCCNC(=NCC(=O)N(C)C)NCCc1ccc(OC)cc1. The number of carbonyl (C=O) groups excluding carboxylic acids is 1. The first-order valence-electron chi connectivity index (χ1n) is 8.49. The number of guanidine groups is 1. The first-order chi connectivity index (χ1) is 12.1. The molecule has 0 heterocycles. The number of benzene rings is 1. The number of nitrogens with one attached hydrogen (secondary N) is 2. The summed E-state index contributed by atoms with van der Waals surface area (Å²) in [7, 11) is 5.09. The quantitative estimate of drug-likeness (QED) is 0.372. The second-order valence-electron chi connectivity index (χ2n) is 5.60. The van der Waals surface area contributed by atoms with Crippen LogP contribution in [0.2, 0.25) is 0 Å². The maximum Gasteiger partial charge on any atom is 0.243 e. The summed E-state index contributed by atoms with van der Waals surface area (Å²) in [4.78, 5) is 17.6. The fraction of sp³-hybridized carbons (Fsp3) is 0.556. The zero-order valence-corrected chi connectivity index (χ0v) is 15.7. The molecule has 0 spiro atoms. The van der Waals surface area contributed by atoms with Gasteiger partial charge >= 0.3 is 0 Å². The lowest BCUT2D eigenvalue weighted by Gasteiger charge is -2.14. The number of carbonyl (C=O) groups is 1. The van der Waals surface area contributed by atoms with E-state index in [4.69, 9.17) is 9.47 Å². The summed E-state index contributed by atoms with van der Waals surface area (Å²) >= 11 is 0. The molecule has 0 saturated carbocycles. The van der Waals surface area contributed by atoms with Crippen LogP contribution in [0.3, 0.4) is 0 Å². The average molecular weight is 350 g/mol. The van der Waals surface area contributed by atoms with Crippen molar-refractivity contribution in [2.45, 2.75) is 13.3 Å². The molecule has 1 rings (SSSR count). The summed E-state index contributed by atoms with van der Waals surface area (Å²) in [6.45, 7) is 4.69. The minimum atomic E-state index is -0.0407. The number of aliphatic imine (C=N–C) groups is 1. The van der Waals surface area contributed by atoms with Gasteiger partial charge in [0, 0.05) is 33.8 Å². The number of likely N-dealkylation sites (N-methyl/N-ethyl adjacent to an activating group) is 1. The van der Waals surface area contributed by atoms with E-state index in [9.17, 15) is 4.79 Å². The maximum atomic E-state index is 11.7. The Balaban J connectivity index is 2.49. The van der Waals surface area contributed by atoms with Crippen molar-refractivity contribution in [3.8, 4) is 5.75 Å². The van der Waals surface area contributed by atoms with Crippen molar-refractivity contribution in [1.82, 2.24) is 15.5 Å². The topological polar surface area (TPSA) is 75.2 Å². The fourth-order valence-electron chi connectivity index (χ4n) is 1.97. The summed E-state index contributed by atoms with van der Waals surface area (Å²) < 4.78 is 10.5. The van der Waals surface area contributed by atoms with Gasteiger partial charge in [-0.2, -0.15) is 0 Å². The summed E-state index contributed by atoms with van der Waals surface area (Å²) in [5.74, 6) is 1.42. The van der Waals surface area contributed by atoms with Gasteiger partial charge in [-0.05, 0) is 31.0 Å². The molecule has 25 heavy (non-hydrogen) atoms. The van der Waals surface area contributed by atoms with E-state index in [1.807, 2.05) is 31.2 Å². The zero-order chi connectivity index (χ0) is 18.5. The Morgan fingerprint density at radius 3 is 2.44 bits per heavy atom. The highest BCUT2D eigenvalue weighted by atomic mass is 16.5. The monoisotopic (exact) mass is 350 g/mol. The standard InChI is InChI=1S/C18H30N4O3/c1-5-25-13-12-20-18(21-14-17(23)22(2)3)19-11-10-15-6-8-16(24-4)9-7-15/h6-9H,5,10-14H2,1-4H3,(H2,19,20,21). The Labute approximate surface area is 150 Å². The van der Waals surface area contributed by atoms with Gasteiger partial charge in [-0.3, -0.25) is 4.79 Å². The smallest absolute Gasteiger partial charge is 0.243 e. The molecule has 0 aliphatic carbocycles. The third-order valence-electron chi connectivity index (χ3n) is 3.48. The van der Waals surface area contributed by atoms with Crippen LogP contribution in [0.1, 0.15) is 12.5 Å². The van der Waals surface area contributed by atoms with Gasteiger partial charge in [-0.1, -0.05) is 12.1 Å². The number of rotatable bonds is 10. The van der Waals surface area contributed by atoms with Crippen LogP contribution in [0.25, 0.3) is 0 Å². The van der Waals surface area contributed by atoms with Crippen LogP contribution in [0.15, 0.2) is 29.3 Å².